The number of imidazole rings is 1. The van der Waals surface area contributed by atoms with Crippen molar-refractivity contribution in [3.05, 3.63) is 11.9 Å². The molecule has 0 spiro atoms. The van der Waals surface area contributed by atoms with Crippen molar-refractivity contribution in [3.8, 4) is 0 Å². The molecule has 1 N–H and O–H groups in total. The summed E-state index contributed by atoms with van der Waals surface area (Å²) in [5, 5.41) is 3.43. The molecule has 1 saturated heterocycles. The summed E-state index contributed by atoms with van der Waals surface area (Å²) >= 11 is 0. The van der Waals surface area contributed by atoms with Crippen molar-refractivity contribution in [1.29, 1.82) is 0 Å². The molecule has 2 atom stereocenters. The van der Waals surface area contributed by atoms with Gasteiger partial charge >= 0.3 is 0 Å². The maximum Gasteiger partial charge on any atom is 0.203 e. The zero-order valence-electron chi connectivity index (χ0n) is 12.9. The second kappa shape index (κ2) is 7.64. The highest BCUT2D eigenvalue weighted by Gasteiger charge is 2.25. The van der Waals surface area contributed by atoms with Gasteiger partial charge in [-0.15, -0.1) is 0 Å². The number of anilines is 1. The molecule has 114 valence electrons. The van der Waals surface area contributed by atoms with Crippen LogP contribution < -0.4 is 5.32 Å². The molecule has 1 aromatic rings. The number of nitrogens with one attached hydrogen (secondary N) is 1. The number of hydrogen-bond acceptors (Lipinski definition) is 4. The average molecular weight is 281 g/mol. The molecule has 20 heavy (non-hydrogen) atoms. The molecule has 2 rings (SSSR count). The van der Waals surface area contributed by atoms with E-state index in [1.165, 1.54) is 0 Å². The van der Waals surface area contributed by atoms with Crippen molar-refractivity contribution >= 4 is 5.95 Å². The first kappa shape index (κ1) is 15.3. The van der Waals surface area contributed by atoms with Gasteiger partial charge in [-0.1, -0.05) is 0 Å². The SMILES string of the molecule is CCOCCCNc1nc(C)cn1C(C)C1CCOC1. The molecule has 0 aliphatic carbocycles. The van der Waals surface area contributed by atoms with Gasteiger partial charge in [-0.25, -0.2) is 4.98 Å². The predicted octanol–water partition coefficient (Wildman–Crippen LogP) is 2.63. The van der Waals surface area contributed by atoms with Crippen molar-refractivity contribution < 1.29 is 9.47 Å². The molecule has 0 saturated carbocycles. The predicted molar refractivity (Wildman–Crippen MR) is 80.2 cm³/mol. The summed E-state index contributed by atoms with van der Waals surface area (Å²) in [6.45, 7) is 10.6. The first-order valence-electron chi connectivity index (χ1n) is 7.67. The monoisotopic (exact) mass is 281 g/mol. The van der Waals surface area contributed by atoms with E-state index in [0.29, 0.717) is 12.0 Å². The third kappa shape index (κ3) is 3.96. The van der Waals surface area contributed by atoms with E-state index in [-0.39, 0.29) is 0 Å². The molecule has 1 aliphatic heterocycles. The number of hydrogen-bond donors (Lipinski definition) is 1. The molecule has 5 nitrogen and oxygen atoms in total. The van der Waals surface area contributed by atoms with Crippen molar-refractivity contribution in [2.75, 3.05) is 38.3 Å². The Balaban J connectivity index is 1.91. The van der Waals surface area contributed by atoms with Gasteiger partial charge in [-0.3, -0.25) is 0 Å². The largest absolute Gasteiger partial charge is 0.382 e. The Morgan fingerprint density at radius 1 is 1.60 bits per heavy atom. The summed E-state index contributed by atoms with van der Waals surface area (Å²) in [7, 11) is 0. The Morgan fingerprint density at radius 3 is 3.15 bits per heavy atom. The fourth-order valence-corrected chi connectivity index (χ4v) is 2.64. The van der Waals surface area contributed by atoms with Crippen LogP contribution in [0.1, 0.15) is 38.4 Å². The molecule has 2 unspecified atom stereocenters. The maximum atomic E-state index is 5.50. The van der Waals surface area contributed by atoms with Gasteiger partial charge in [0.05, 0.1) is 12.3 Å². The lowest BCUT2D eigenvalue weighted by molar-refractivity contribution is 0.147. The zero-order chi connectivity index (χ0) is 14.4. The Bertz CT molecular complexity index is 400. The van der Waals surface area contributed by atoms with Crippen LogP contribution in [0, 0.1) is 12.8 Å². The van der Waals surface area contributed by atoms with Crippen molar-refractivity contribution in [2.24, 2.45) is 5.92 Å². The number of nitrogens with zero attached hydrogens (tertiary/aromatic N) is 2. The summed E-state index contributed by atoms with van der Waals surface area (Å²) in [5.41, 5.74) is 1.06. The minimum atomic E-state index is 0.424. The third-order valence-corrected chi connectivity index (χ3v) is 3.89. The summed E-state index contributed by atoms with van der Waals surface area (Å²) in [6.07, 6.45) is 4.27. The van der Waals surface area contributed by atoms with Crippen molar-refractivity contribution in [2.45, 2.75) is 39.7 Å². The van der Waals surface area contributed by atoms with E-state index >= 15 is 0 Å². The lowest BCUT2D eigenvalue weighted by Crippen LogP contribution is -2.19. The van der Waals surface area contributed by atoms with Gasteiger partial charge < -0.3 is 19.4 Å². The van der Waals surface area contributed by atoms with Gasteiger partial charge in [0.15, 0.2) is 0 Å². The van der Waals surface area contributed by atoms with E-state index in [0.717, 1.165) is 57.5 Å². The molecular weight excluding hydrogens is 254 g/mol. The highest BCUT2D eigenvalue weighted by Crippen LogP contribution is 2.28. The molecule has 1 aliphatic rings. The van der Waals surface area contributed by atoms with E-state index in [9.17, 15) is 0 Å². The number of rotatable bonds is 8. The molecule has 0 aromatic carbocycles. The molecule has 1 fully saturated rings. The smallest absolute Gasteiger partial charge is 0.203 e. The normalized spacial score (nSPS) is 20.2. The van der Waals surface area contributed by atoms with Crippen LogP contribution in [0.4, 0.5) is 5.95 Å². The molecule has 2 heterocycles. The molecule has 0 amide bonds. The molecule has 5 heteroatoms. The van der Waals surface area contributed by atoms with Gasteiger partial charge in [-0.2, -0.15) is 0 Å². The third-order valence-electron chi connectivity index (χ3n) is 3.89. The maximum absolute atomic E-state index is 5.50. The van der Waals surface area contributed by atoms with Crippen molar-refractivity contribution in [1.82, 2.24) is 9.55 Å². The molecule has 1 aromatic heterocycles. The van der Waals surface area contributed by atoms with Gasteiger partial charge in [0, 0.05) is 44.5 Å². The second-order valence-electron chi connectivity index (χ2n) is 5.45. The topological polar surface area (TPSA) is 48.3 Å². The first-order chi connectivity index (χ1) is 9.72. The van der Waals surface area contributed by atoms with Gasteiger partial charge in [0.25, 0.3) is 0 Å². The van der Waals surface area contributed by atoms with Gasteiger partial charge in [0.2, 0.25) is 5.95 Å². The lowest BCUT2D eigenvalue weighted by Gasteiger charge is -2.21. The fraction of sp³-hybridized carbons (Fsp3) is 0.800. The zero-order valence-corrected chi connectivity index (χ0v) is 12.9. The quantitative estimate of drug-likeness (QED) is 0.744. The highest BCUT2D eigenvalue weighted by atomic mass is 16.5. The van der Waals surface area contributed by atoms with Crippen LogP contribution in [0.2, 0.25) is 0 Å². The highest BCUT2D eigenvalue weighted by molar-refractivity contribution is 5.29. The van der Waals surface area contributed by atoms with Crippen LogP contribution in [0.5, 0.6) is 0 Å². The van der Waals surface area contributed by atoms with Crippen LogP contribution >= 0.6 is 0 Å². The average Bonchev–Trinajstić information content (AvgIpc) is 3.07. The van der Waals surface area contributed by atoms with E-state index in [2.05, 4.69) is 28.0 Å². The van der Waals surface area contributed by atoms with E-state index in [1.54, 1.807) is 0 Å². The fourth-order valence-electron chi connectivity index (χ4n) is 2.64. The Morgan fingerprint density at radius 2 is 2.45 bits per heavy atom. The molecule has 0 bridgehead atoms. The number of aryl methyl sites for hydroxylation is 1. The second-order valence-corrected chi connectivity index (χ2v) is 5.45. The number of aromatic nitrogens is 2. The Hall–Kier alpha value is -1.07. The summed E-state index contributed by atoms with van der Waals surface area (Å²) < 4.78 is 13.1. The summed E-state index contributed by atoms with van der Waals surface area (Å²) in [6, 6.07) is 0.424. The Labute approximate surface area is 121 Å². The van der Waals surface area contributed by atoms with Crippen LogP contribution in [-0.2, 0) is 9.47 Å². The molecule has 0 radical (unpaired) electrons. The van der Waals surface area contributed by atoms with E-state index in [1.807, 2.05) is 13.8 Å². The van der Waals surface area contributed by atoms with E-state index < -0.39 is 0 Å². The van der Waals surface area contributed by atoms with Crippen LogP contribution in [0.25, 0.3) is 0 Å². The van der Waals surface area contributed by atoms with Crippen LogP contribution in [0.15, 0.2) is 6.20 Å². The van der Waals surface area contributed by atoms with Crippen molar-refractivity contribution in [3.63, 3.8) is 0 Å². The van der Waals surface area contributed by atoms with Crippen LogP contribution in [-0.4, -0.2) is 42.5 Å². The molecular formula is C15H27N3O2. The summed E-state index contributed by atoms with van der Waals surface area (Å²) in [5.74, 6) is 1.56. The summed E-state index contributed by atoms with van der Waals surface area (Å²) in [4.78, 5) is 4.59. The number of ether oxygens (including phenoxy) is 2. The Kier molecular flexibility index (Phi) is 5.86. The van der Waals surface area contributed by atoms with Crippen LogP contribution in [0.3, 0.4) is 0 Å². The minimum absolute atomic E-state index is 0.424. The van der Waals surface area contributed by atoms with Gasteiger partial charge in [0.1, 0.15) is 0 Å². The lowest BCUT2D eigenvalue weighted by atomic mass is 10.0. The van der Waals surface area contributed by atoms with Gasteiger partial charge in [-0.05, 0) is 33.6 Å². The first-order valence-corrected chi connectivity index (χ1v) is 7.67. The standard InChI is InChI=1S/C15H27N3O2/c1-4-19-8-5-7-16-15-17-12(2)10-18(15)13(3)14-6-9-20-11-14/h10,13-14H,4-9,11H2,1-3H3,(H,16,17). The minimum Gasteiger partial charge on any atom is -0.382 e. The van der Waals surface area contributed by atoms with E-state index in [4.69, 9.17) is 9.47 Å².